The number of rotatable bonds is 8. The van der Waals surface area contributed by atoms with Gasteiger partial charge in [-0.2, -0.15) is 0 Å². The van der Waals surface area contributed by atoms with Gasteiger partial charge in [0.25, 0.3) is 0 Å². The fraction of sp³-hybridized carbons (Fsp3) is 0.929. The Kier molecular flexibility index (Phi) is 7.34. The molecule has 0 aromatic heterocycles. The summed E-state index contributed by atoms with van der Waals surface area (Å²) in [7, 11) is 0. The van der Waals surface area contributed by atoms with Crippen LogP contribution < -0.4 is 5.32 Å². The van der Waals surface area contributed by atoms with Crippen LogP contribution in [0, 0.1) is 0 Å². The van der Waals surface area contributed by atoms with Crippen molar-refractivity contribution in [1.29, 1.82) is 0 Å². The third kappa shape index (κ3) is 4.75. The molecule has 1 aliphatic heterocycles. The van der Waals surface area contributed by atoms with Crippen molar-refractivity contribution in [1.82, 2.24) is 10.2 Å². The SMILES string of the molecule is CCCCCNC(=O)[C@@H]1[C@@H](O)[C@@H](O)CN1CCCC. The Morgan fingerprint density at radius 2 is 1.89 bits per heavy atom. The lowest BCUT2D eigenvalue weighted by Gasteiger charge is -2.24. The van der Waals surface area contributed by atoms with E-state index in [0.717, 1.165) is 38.6 Å². The molecule has 1 amide bonds. The fourth-order valence-corrected chi connectivity index (χ4v) is 2.49. The zero-order chi connectivity index (χ0) is 14.3. The Hall–Kier alpha value is -0.650. The molecular formula is C14H28N2O3. The number of nitrogens with one attached hydrogen (secondary N) is 1. The van der Waals surface area contributed by atoms with E-state index in [2.05, 4.69) is 19.2 Å². The Labute approximate surface area is 116 Å². The van der Waals surface area contributed by atoms with Crippen LogP contribution in [0.25, 0.3) is 0 Å². The van der Waals surface area contributed by atoms with Crippen LogP contribution >= 0.6 is 0 Å². The molecule has 0 bridgehead atoms. The smallest absolute Gasteiger partial charge is 0.240 e. The highest BCUT2D eigenvalue weighted by Gasteiger charge is 2.43. The van der Waals surface area contributed by atoms with Crippen LogP contribution in [0.3, 0.4) is 0 Å². The molecule has 0 aromatic rings. The van der Waals surface area contributed by atoms with Gasteiger partial charge in [-0.3, -0.25) is 9.69 Å². The molecule has 0 aromatic carbocycles. The summed E-state index contributed by atoms with van der Waals surface area (Å²) >= 11 is 0. The molecule has 1 aliphatic rings. The summed E-state index contributed by atoms with van der Waals surface area (Å²) in [6.07, 6.45) is 3.39. The van der Waals surface area contributed by atoms with Crippen molar-refractivity contribution in [3.63, 3.8) is 0 Å². The predicted molar refractivity (Wildman–Crippen MR) is 74.8 cm³/mol. The molecule has 5 nitrogen and oxygen atoms in total. The first-order chi connectivity index (χ1) is 9.11. The number of unbranched alkanes of at least 4 members (excludes halogenated alkanes) is 3. The highest BCUT2D eigenvalue weighted by atomic mass is 16.3. The summed E-state index contributed by atoms with van der Waals surface area (Å²) in [5.74, 6) is -0.156. The summed E-state index contributed by atoms with van der Waals surface area (Å²) in [4.78, 5) is 14.0. The maximum absolute atomic E-state index is 12.1. The van der Waals surface area contributed by atoms with Gasteiger partial charge in [0.05, 0.1) is 6.10 Å². The number of carbonyl (C=O) groups is 1. The van der Waals surface area contributed by atoms with E-state index < -0.39 is 18.2 Å². The Morgan fingerprint density at radius 3 is 2.53 bits per heavy atom. The van der Waals surface area contributed by atoms with E-state index in [1.807, 2.05) is 4.90 Å². The van der Waals surface area contributed by atoms with Gasteiger partial charge in [-0.05, 0) is 19.4 Å². The zero-order valence-corrected chi connectivity index (χ0v) is 12.1. The van der Waals surface area contributed by atoms with Gasteiger partial charge in [-0.15, -0.1) is 0 Å². The zero-order valence-electron chi connectivity index (χ0n) is 12.1. The third-order valence-electron chi connectivity index (χ3n) is 3.68. The molecule has 1 fully saturated rings. The van der Waals surface area contributed by atoms with Gasteiger partial charge in [0.2, 0.25) is 5.91 Å². The van der Waals surface area contributed by atoms with E-state index in [0.29, 0.717) is 13.1 Å². The second kappa shape index (κ2) is 8.51. The van der Waals surface area contributed by atoms with Gasteiger partial charge in [0.15, 0.2) is 0 Å². The Bertz CT molecular complexity index is 273. The van der Waals surface area contributed by atoms with Gasteiger partial charge in [-0.25, -0.2) is 0 Å². The minimum absolute atomic E-state index is 0.156. The highest BCUT2D eigenvalue weighted by molar-refractivity contribution is 5.83. The van der Waals surface area contributed by atoms with Crippen LogP contribution in [0.2, 0.25) is 0 Å². The van der Waals surface area contributed by atoms with Gasteiger partial charge in [-0.1, -0.05) is 33.1 Å². The average Bonchev–Trinajstić information content (AvgIpc) is 2.68. The summed E-state index contributed by atoms with van der Waals surface area (Å²) in [6.45, 7) is 5.98. The number of aliphatic hydroxyl groups is 2. The van der Waals surface area contributed by atoms with Crippen molar-refractivity contribution in [2.24, 2.45) is 0 Å². The van der Waals surface area contributed by atoms with Gasteiger partial charge < -0.3 is 15.5 Å². The van der Waals surface area contributed by atoms with Crippen molar-refractivity contribution >= 4 is 5.91 Å². The number of aliphatic hydroxyl groups excluding tert-OH is 2. The average molecular weight is 272 g/mol. The van der Waals surface area contributed by atoms with Crippen LogP contribution in [-0.2, 0) is 4.79 Å². The molecule has 5 heteroatoms. The molecule has 1 saturated heterocycles. The van der Waals surface area contributed by atoms with Crippen LogP contribution in [0.4, 0.5) is 0 Å². The first kappa shape index (κ1) is 16.4. The number of carbonyl (C=O) groups excluding carboxylic acids is 1. The van der Waals surface area contributed by atoms with E-state index in [1.165, 1.54) is 0 Å². The normalized spacial score (nSPS) is 27.7. The molecule has 112 valence electrons. The van der Waals surface area contributed by atoms with Crippen LogP contribution in [0.5, 0.6) is 0 Å². The molecular weight excluding hydrogens is 244 g/mol. The number of nitrogens with zero attached hydrogens (tertiary/aromatic N) is 1. The molecule has 1 heterocycles. The van der Waals surface area contributed by atoms with Crippen molar-refractivity contribution in [3.05, 3.63) is 0 Å². The molecule has 1 rings (SSSR count). The van der Waals surface area contributed by atoms with E-state index in [1.54, 1.807) is 0 Å². The minimum Gasteiger partial charge on any atom is -0.389 e. The molecule has 3 N–H and O–H groups in total. The monoisotopic (exact) mass is 272 g/mol. The summed E-state index contributed by atoms with van der Waals surface area (Å²) < 4.78 is 0. The minimum atomic E-state index is -0.969. The largest absolute Gasteiger partial charge is 0.389 e. The quantitative estimate of drug-likeness (QED) is 0.563. The van der Waals surface area contributed by atoms with Gasteiger partial charge in [0.1, 0.15) is 12.1 Å². The maximum Gasteiger partial charge on any atom is 0.240 e. The van der Waals surface area contributed by atoms with Crippen LogP contribution in [0.15, 0.2) is 0 Å². The number of hydrogen-bond acceptors (Lipinski definition) is 4. The second-order valence-electron chi connectivity index (χ2n) is 5.35. The van der Waals surface area contributed by atoms with Crippen molar-refractivity contribution in [3.8, 4) is 0 Å². The maximum atomic E-state index is 12.1. The highest BCUT2D eigenvalue weighted by Crippen LogP contribution is 2.19. The topological polar surface area (TPSA) is 72.8 Å². The van der Waals surface area contributed by atoms with Crippen molar-refractivity contribution in [2.45, 2.75) is 64.2 Å². The lowest BCUT2D eigenvalue weighted by atomic mass is 10.1. The molecule has 3 atom stereocenters. The molecule has 0 spiro atoms. The van der Waals surface area contributed by atoms with E-state index in [9.17, 15) is 15.0 Å². The van der Waals surface area contributed by atoms with E-state index in [-0.39, 0.29) is 5.91 Å². The number of hydrogen-bond donors (Lipinski definition) is 3. The van der Waals surface area contributed by atoms with Crippen LogP contribution in [-0.4, -0.2) is 58.9 Å². The Morgan fingerprint density at radius 1 is 1.21 bits per heavy atom. The lowest BCUT2D eigenvalue weighted by molar-refractivity contribution is -0.128. The van der Waals surface area contributed by atoms with Crippen LogP contribution in [0.1, 0.15) is 46.0 Å². The molecule has 0 saturated carbocycles. The van der Waals surface area contributed by atoms with Crippen molar-refractivity contribution in [2.75, 3.05) is 19.6 Å². The number of likely N-dealkylation sites (tertiary alicyclic amines) is 1. The summed E-state index contributed by atoms with van der Waals surface area (Å²) in [5.41, 5.74) is 0. The van der Waals surface area contributed by atoms with Gasteiger partial charge in [0, 0.05) is 13.1 Å². The van der Waals surface area contributed by atoms with E-state index >= 15 is 0 Å². The standard InChI is InChI=1S/C14H28N2O3/c1-3-5-7-8-15-14(19)12-13(18)11(17)10-16(12)9-6-4-2/h11-13,17-18H,3-10H2,1-2H3,(H,15,19)/t11-,12-,13-/m0/s1. The molecule has 0 aliphatic carbocycles. The first-order valence-corrected chi connectivity index (χ1v) is 7.49. The molecule has 0 radical (unpaired) electrons. The first-order valence-electron chi connectivity index (χ1n) is 7.49. The molecule has 0 unspecified atom stereocenters. The molecule has 19 heavy (non-hydrogen) atoms. The summed E-state index contributed by atoms with van der Waals surface area (Å²) in [6, 6.07) is -0.594. The van der Waals surface area contributed by atoms with Crippen molar-refractivity contribution < 1.29 is 15.0 Å². The fourth-order valence-electron chi connectivity index (χ4n) is 2.49. The Balaban J connectivity index is 2.47. The summed E-state index contributed by atoms with van der Waals surface area (Å²) in [5, 5.41) is 22.5. The second-order valence-corrected chi connectivity index (χ2v) is 5.35. The number of β-amino-alcohol motifs (C(OH)–C–C–N with tert-alkyl or cyclic N) is 1. The number of amides is 1. The third-order valence-corrected chi connectivity index (χ3v) is 3.68. The predicted octanol–water partition coefficient (Wildman–Crippen LogP) is 0.499. The lowest BCUT2D eigenvalue weighted by Crippen LogP contribution is -2.49. The van der Waals surface area contributed by atoms with E-state index in [4.69, 9.17) is 0 Å². The van der Waals surface area contributed by atoms with Gasteiger partial charge >= 0.3 is 0 Å².